The number of hydrogen-bond acceptors (Lipinski definition) is 5. The number of benzene rings is 3. The summed E-state index contributed by atoms with van der Waals surface area (Å²) in [6.45, 7) is 7.25. The van der Waals surface area contributed by atoms with E-state index in [-0.39, 0.29) is 23.0 Å². The molecule has 38 heavy (non-hydrogen) atoms. The summed E-state index contributed by atoms with van der Waals surface area (Å²) in [7, 11) is -2.71. The van der Waals surface area contributed by atoms with Gasteiger partial charge in [-0.15, -0.1) is 0 Å². The SMILES string of the molecule is CCNC(=O)C(C)N(Cc1cccc(C)c1)C(=O)CN(c1cc(C)ccc1OC)S(=O)(=O)c1ccccc1. The Morgan fingerprint density at radius 1 is 0.947 bits per heavy atom. The predicted molar refractivity (Wildman–Crippen MR) is 149 cm³/mol. The molecule has 1 atom stereocenters. The Morgan fingerprint density at radius 3 is 2.26 bits per heavy atom. The van der Waals surface area contributed by atoms with E-state index in [0.717, 1.165) is 21.0 Å². The van der Waals surface area contributed by atoms with Crippen molar-refractivity contribution >= 4 is 27.5 Å². The molecule has 3 rings (SSSR count). The van der Waals surface area contributed by atoms with Crippen LogP contribution in [0.15, 0.2) is 77.7 Å². The molecule has 0 fully saturated rings. The molecule has 0 aliphatic heterocycles. The first-order chi connectivity index (χ1) is 18.1. The molecule has 0 aromatic heterocycles. The number of carbonyl (C=O) groups is 2. The van der Waals surface area contributed by atoms with Crippen molar-refractivity contribution in [3.63, 3.8) is 0 Å². The van der Waals surface area contributed by atoms with Gasteiger partial charge >= 0.3 is 0 Å². The highest BCUT2D eigenvalue weighted by Crippen LogP contribution is 2.33. The summed E-state index contributed by atoms with van der Waals surface area (Å²) < 4.78 is 34.3. The fourth-order valence-electron chi connectivity index (χ4n) is 4.14. The summed E-state index contributed by atoms with van der Waals surface area (Å²) in [6, 6.07) is 19.9. The fourth-order valence-corrected chi connectivity index (χ4v) is 5.58. The van der Waals surface area contributed by atoms with Crippen molar-refractivity contribution in [1.29, 1.82) is 0 Å². The Balaban J connectivity index is 2.09. The number of anilines is 1. The lowest BCUT2D eigenvalue weighted by Gasteiger charge is -2.32. The highest BCUT2D eigenvalue weighted by molar-refractivity contribution is 7.92. The van der Waals surface area contributed by atoms with E-state index in [2.05, 4.69) is 5.32 Å². The molecule has 3 aromatic carbocycles. The van der Waals surface area contributed by atoms with Crippen LogP contribution in [0.4, 0.5) is 5.69 Å². The number of amides is 2. The maximum absolute atomic E-state index is 13.9. The second-order valence-corrected chi connectivity index (χ2v) is 10.9. The van der Waals surface area contributed by atoms with E-state index < -0.39 is 28.5 Å². The summed E-state index contributed by atoms with van der Waals surface area (Å²) in [4.78, 5) is 28.2. The van der Waals surface area contributed by atoms with Crippen molar-refractivity contribution in [2.75, 3.05) is 24.5 Å². The van der Waals surface area contributed by atoms with Gasteiger partial charge in [-0.05, 0) is 63.1 Å². The van der Waals surface area contributed by atoms with Crippen molar-refractivity contribution in [2.24, 2.45) is 0 Å². The molecular formula is C29H35N3O5S. The van der Waals surface area contributed by atoms with Gasteiger partial charge in [0.2, 0.25) is 11.8 Å². The van der Waals surface area contributed by atoms with Gasteiger partial charge in [-0.25, -0.2) is 8.42 Å². The number of aryl methyl sites for hydroxylation is 2. The summed E-state index contributed by atoms with van der Waals surface area (Å²) in [5, 5.41) is 2.76. The van der Waals surface area contributed by atoms with Gasteiger partial charge in [-0.2, -0.15) is 0 Å². The van der Waals surface area contributed by atoms with E-state index in [9.17, 15) is 18.0 Å². The van der Waals surface area contributed by atoms with Crippen LogP contribution >= 0.6 is 0 Å². The quantitative estimate of drug-likeness (QED) is 0.398. The number of carbonyl (C=O) groups excluding carboxylic acids is 2. The van der Waals surface area contributed by atoms with Crippen molar-refractivity contribution in [3.05, 3.63) is 89.5 Å². The number of likely N-dealkylation sites (N-methyl/N-ethyl adjacent to an activating group) is 1. The van der Waals surface area contributed by atoms with Crippen LogP contribution < -0.4 is 14.4 Å². The molecule has 8 nitrogen and oxygen atoms in total. The van der Waals surface area contributed by atoms with E-state index in [1.807, 2.05) is 38.1 Å². The number of methoxy groups -OCH3 is 1. The zero-order valence-electron chi connectivity index (χ0n) is 22.5. The smallest absolute Gasteiger partial charge is 0.264 e. The third kappa shape index (κ3) is 6.72. The van der Waals surface area contributed by atoms with Gasteiger partial charge in [0, 0.05) is 13.1 Å². The summed E-state index contributed by atoms with van der Waals surface area (Å²) in [5.74, 6) is -0.530. The Kier molecular flexibility index (Phi) is 9.52. The van der Waals surface area contributed by atoms with Gasteiger partial charge in [0.15, 0.2) is 0 Å². The van der Waals surface area contributed by atoms with Crippen molar-refractivity contribution in [1.82, 2.24) is 10.2 Å². The van der Waals surface area contributed by atoms with Crippen LogP contribution in [0.5, 0.6) is 5.75 Å². The summed E-state index contributed by atoms with van der Waals surface area (Å²) in [6.07, 6.45) is 0. The van der Waals surface area contributed by atoms with E-state index in [0.29, 0.717) is 12.3 Å². The van der Waals surface area contributed by atoms with Crippen LogP contribution in [0.25, 0.3) is 0 Å². The van der Waals surface area contributed by atoms with Gasteiger partial charge in [0.1, 0.15) is 18.3 Å². The molecule has 0 saturated carbocycles. The molecule has 0 radical (unpaired) electrons. The first-order valence-electron chi connectivity index (χ1n) is 12.4. The van der Waals surface area contributed by atoms with Gasteiger partial charge in [-0.1, -0.05) is 54.1 Å². The normalized spacial score (nSPS) is 11.9. The molecule has 0 aliphatic rings. The van der Waals surface area contributed by atoms with Crippen molar-refractivity contribution in [3.8, 4) is 5.75 Å². The Bertz CT molecular complexity index is 1380. The molecule has 0 bridgehead atoms. The van der Waals surface area contributed by atoms with Crippen LogP contribution in [0.2, 0.25) is 0 Å². The van der Waals surface area contributed by atoms with Gasteiger partial charge in [-0.3, -0.25) is 13.9 Å². The van der Waals surface area contributed by atoms with E-state index >= 15 is 0 Å². The largest absolute Gasteiger partial charge is 0.495 e. The van der Waals surface area contributed by atoms with Gasteiger partial charge in [0.25, 0.3) is 10.0 Å². The maximum Gasteiger partial charge on any atom is 0.264 e. The molecule has 0 spiro atoms. The van der Waals surface area contributed by atoms with Crippen LogP contribution in [-0.2, 0) is 26.2 Å². The maximum atomic E-state index is 13.9. The van der Waals surface area contributed by atoms with Crippen LogP contribution in [0.1, 0.15) is 30.5 Å². The zero-order valence-corrected chi connectivity index (χ0v) is 23.3. The van der Waals surface area contributed by atoms with Gasteiger partial charge in [0.05, 0.1) is 17.7 Å². The average molecular weight is 538 g/mol. The van der Waals surface area contributed by atoms with Crippen LogP contribution in [-0.4, -0.2) is 51.4 Å². The highest BCUT2D eigenvalue weighted by atomic mass is 32.2. The Morgan fingerprint density at radius 2 is 1.63 bits per heavy atom. The molecule has 1 N–H and O–H groups in total. The van der Waals surface area contributed by atoms with E-state index in [1.165, 1.54) is 24.1 Å². The third-order valence-electron chi connectivity index (χ3n) is 6.17. The molecular weight excluding hydrogens is 502 g/mol. The second-order valence-electron chi connectivity index (χ2n) is 9.08. The highest BCUT2D eigenvalue weighted by Gasteiger charge is 2.33. The number of rotatable bonds is 11. The summed E-state index contributed by atoms with van der Waals surface area (Å²) >= 11 is 0. The molecule has 0 aliphatic carbocycles. The molecule has 0 heterocycles. The topological polar surface area (TPSA) is 96.0 Å². The summed E-state index contributed by atoms with van der Waals surface area (Å²) in [5.41, 5.74) is 2.89. The zero-order chi connectivity index (χ0) is 27.9. The number of ether oxygens (including phenoxy) is 1. The standard InChI is InChI=1S/C29H35N3O5S/c1-6-30-29(34)23(4)31(19-24-12-10-11-21(2)17-24)28(33)20-32(26-18-22(3)15-16-27(26)37-5)38(35,36)25-13-8-7-9-14-25/h7-18,23H,6,19-20H2,1-5H3,(H,30,34). The Hall–Kier alpha value is -3.85. The molecule has 3 aromatic rings. The minimum atomic E-state index is -4.16. The Labute approximate surface area is 225 Å². The second kappa shape index (κ2) is 12.6. The van der Waals surface area contributed by atoms with E-state index in [1.54, 1.807) is 50.2 Å². The lowest BCUT2D eigenvalue weighted by molar-refractivity contribution is -0.139. The molecule has 0 saturated heterocycles. The number of nitrogens with one attached hydrogen (secondary N) is 1. The van der Waals surface area contributed by atoms with Crippen LogP contribution in [0, 0.1) is 13.8 Å². The first kappa shape index (κ1) is 28.7. The number of sulfonamides is 1. The lowest BCUT2D eigenvalue weighted by Crippen LogP contribution is -2.51. The first-order valence-corrected chi connectivity index (χ1v) is 13.9. The molecule has 9 heteroatoms. The van der Waals surface area contributed by atoms with Gasteiger partial charge < -0.3 is 15.0 Å². The molecule has 2 amide bonds. The fraction of sp³-hybridized carbons (Fsp3) is 0.310. The lowest BCUT2D eigenvalue weighted by atomic mass is 10.1. The number of hydrogen-bond donors (Lipinski definition) is 1. The third-order valence-corrected chi connectivity index (χ3v) is 7.94. The number of nitrogens with zero attached hydrogens (tertiary/aromatic N) is 2. The van der Waals surface area contributed by atoms with Crippen molar-refractivity contribution < 1.29 is 22.7 Å². The molecule has 1 unspecified atom stereocenters. The minimum Gasteiger partial charge on any atom is -0.495 e. The predicted octanol–water partition coefficient (Wildman–Crippen LogP) is 4.06. The molecule has 202 valence electrons. The average Bonchev–Trinajstić information content (AvgIpc) is 2.90. The van der Waals surface area contributed by atoms with Crippen molar-refractivity contribution in [2.45, 2.75) is 45.2 Å². The minimum absolute atomic E-state index is 0.0402. The van der Waals surface area contributed by atoms with Crippen LogP contribution in [0.3, 0.4) is 0 Å². The monoisotopic (exact) mass is 537 g/mol. The van der Waals surface area contributed by atoms with E-state index in [4.69, 9.17) is 4.74 Å².